The molecule has 0 saturated carbocycles. The second kappa shape index (κ2) is 6.70. The lowest BCUT2D eigenvalue weighted by molar-refractivity contribution is 0.255. The molecular weight excluding hydrogens is 306 g/mol. The molecular formula is C14H12BrN3O. The summed E-state index contributed by atoms with van der Waals surface area (Å²) in [6, 6.07) is 11.0. The first-order valence-electron chi connectivity index (χ1n) is 5.64. The number of hydrogen-bond donors (Lipinski definition) is 2. The molecule has 0 unspecified atom stereocenters. The van der Waals surface area contributed by atoms with E-state index in [2.05, 4.69) is 31.5 Å². The first-order valence-corrected chi connectivity index (χ1v) is 6.43. The van der Waals surface area contributed by atoms with Crippen LogP contribution in [0.2, 0.25) is 0 Å². The van der Waals surface area contributed by atoms with Crippen LogP contribution in [0.4, 0.5) is 10.5 Å². The van der Waals surface area contributed by atoms with Crippen LogP contribution >= 0.6 is 15.9 Å². The molecule has 5 heteroatoms. The van der Waals surface area contributed by atoms with Crippen LogP contribution in [-0.2, 0) is 0 Å². The molecule has 2 rings (SSSR count). The Balaban J connectivity index is 1.85. The summed E-state index contributed by atoms with van der Waals surface area (Å²) in [7, 11) is 0. The maximum atomic E-state index is 11.5. The Labute approximate surface area is 119 Å². The summed E-state index contributed by atoms with van der Waals surface area (Å²) in [6.07, 6.45) is 6.64. The van der Waals surface area contributed by atoms with Gasteiger partial charge in [0.1, 0.15) is 0 Å². The molecule has 0 aliphatic rings. The quantitative estimate of drug-likeness (QED) is 0.908. The molecule has 0 fully saturated rings. The summed E-state index contributed by atoms with van der Waals surface area (Å²) in [5, 5.41) is 5.29. The van der Waals surface area contributed by atoms with Crippen molar-refractivity contribution in [1.29, 1.82) is 0 Å². The first kappa shape index (κ1) is 13.3. The van der Waals surface area contributed by atoms with Gasteiger partial charge in [-0.25, -0.2) is 4.79 Å². The van der Waals surface area contributed by atoms with Gasteiger partial charge in [0.05, 0.1) is 11.9 Å². The average Bonchev–Trinajstić information content (AvgIpc) is 2.42. The molecule has 2 N–H and O–H groups in total. The molecule has 2 amide bonds. The van der Waals surface area contributed by atoms with E-state index in [4.69, 9.17) is 0 Å². The Morgan fingerprint density at radius 1 is 1.21 bits per heavy atom. The van der Waals surface area contributed by atoms with E-state index in [-0.39, 0.29) is 6.03 Å². The highest BCUT2D eigenvalue weighted by Gasteiger charge is 1.97. The van der Waals surface area contributed by atoms with Crippen molar-refractivity contribution in [2.45, 2.75) is 0 Å². The molecule has 0 saturated heterocycles. The van der Waals surface area contributed by atoms with Crippen molar-refractivity contribution in [1.82, 2.24) is 10.3 Å². The summed E-state index contributed by atoms with van der Waals surface area (Å²) in [5.41, 5.74) is 1.65. The lowest BCUT2D eigenvalue weighted by Crippen LogP contribution is -2.23. The van der Waals surface area contributed by atoms with E-state index in [9.17, 15) is 4.79 Å². The predicted octanol–water partition coefficient (Wildman–Crippen LogP) is 3.64. The van der Waals surface area contributed by atoms with Gasteiger partial charge in [-0.05, 0) is 35.9 Å². The van der Waals surface area contributed by atoms with E-state index in [1.807, 2.05) is 30.3 Å². The third kappa shape index (κ3) is 4.56. The number of nitrogens with one attached hydrogen (secondary N) is 2. The fourth-order valence-corrected chi connectivity index (χ4v) is 1.66. The molecule has 0 bridgehead atoms. The predicted molar refractivity (Wildman–Crippen MR) is 79.6 cm³/mol. The number of aromatic nitrogens is 1. The van der Waals surface area contributed by atoms with Crippen molar-refractivity contribution in [3.8, 4) is 0 Å². The van der Waals surface area contributed by atoms with Gasteiger partial charge in [-0.3, -0.25) is 4.98 Å². The number of pyridine rings is 1. The molecule has 2 aromatic rings. The molecule has 0 spiro atoms. The molecule has 4 nitrogen and oxygen atoms in total. The second-order valence-corrected chi connectivity index (χ2v) is 4.64. The van der Waals surface area contributed by atoms with Gasteiger partial charge in [-0.2, -0.15) is 0 Å². The number of benzene rings is 1. The van der Waals surface area contributed by atoms with Gasteiger partial charge in [0.15, 0.2) is 0 Å². The van der Waals surface area contributed by atoms with Crippen molar-refractivity contribution in [2.75, 3.05) is 5.32 Å². The van der Waals surface area contributed by atoms with Crippen molar-refractivity contribution in [3.05, 3.63) is 65.0 Å². The molecule has 0 atom stereocenters. The van der Waals surface area contributed by atoms with Gasteiger partial charge < -0.3 is 10.6 Å². The van der Waals surface area contributed by atoms with Crippen LogP contribution in [0, 0.1) is 0 Å². The van der Waals surface area contributed by atoms with Crippen LogP contribution in [0.5, 0.6) is 0 Å². The highest BCUT2D eigenvalue weighted by molar-refractivity contribution is 9.10. The van der Waals surface area contributed by atoms with Crippen LogP contribution in [0.1, 0.15) is 5.56 Å². The zero-order valence-corrected chi connectivity index (χ0v) is 11.6. The van der Waals surface area contributed by atoms with E-state index >= 15 is 0 Å². The summed E-state index contributed by atoms with van der Waals surface area (Å²) in [5.74, 6) is 0. The minimum Gasteiger partial charge on any atom is -0.314 e. The highest BCUT2D eigenvalue weighted by Crippen LogP contribution is 2.11. The lowest BCUT2D eigenvalue weighted by Gasteiger charge is -2.03. The van der Waals surface area contributed by atoms with Crippen LogP contribution in [0.25, 0.3) is 6.08 Å². The van der Waals surface area contributed by atoms with Gasteiger partial charge in [0.2, 0.25) is 0 Å². The van der Waals surface area contributed by atoms with Crippen LogP contribution in [0.15, 0.2) is 59.5 Å². The smallest absolute Gasteiger partial charge is 0.314 e. The number of urea groups is 1. The number of amides is 2. The molecule has 19 heavy (non-hydrogen) atoms. The summed E-state index contributed by atoms with van der Waals surface area (Å²) < 4.78 is 1.02. The number of nitrogens with zero attached hydrogens (tertiary/aromatic N) is 1. The highest BCUT2D eigenvalue weighted by atomic mass is 79.9. The number of hydrogen-bond acceptors (Lipinski definition) is 2. The van der Waals surface area contributed by atoms with Gasteiger partial charge in [-0.15, -0.1) is 0 Å². The molecule has 1 aromatic carbocycles. The number of anilines is 1. The second-order valence-electron chi connectivity index (χ2n) is 3.73. The Morgan fingerprint density at radius 3 is 2.68 bits per heavy atom. The molecule has 96 valence electrons. The third-order valence-corrected chi connectivity index (χ3v) is 2.81. The minimum atomic E-state index is -0.304. The van der Waals surface area contributed by atoms with Gasteiger partial charge in [-0.1, -0.05) is 28.1 Å². The topological polar surface area (TPSA) is 54.0 Å². The normalized spacial score (nSPS) is 10.4. The molecule has 1 aromatic heterocycles. The van der Waals surface area contributed by atoms with Crippen LogP contribution in [0.3, 0.4) is 0 Å². The van der Waals surface area contributed by atoms with Crippen molar-refractivity contribution >= 4 is 33.7 Å². The number of carbonyl (C=O) groups is 1. The standard InChI is InChI=1S/C14H12BrN3O/c15-12-5-3-11(4-6-12)7-9-17-14(19)18-13-2-1-8-16-10-13/h1-10H,(H2,17,18,19)/b9-7+. The van der Waals surface area contributed by atoms with E-state index in [1.165, 1.54) is 0 Å². The molecule has 0 aliphatic heterocycles. The summed E-state index contributed by atoms with van der Waals surface area (Å²) in [6.45, 7) is 0. The molecule has 0 radical (unpaired) electrons. The summed E-state index contributed by atoms with van der Waals surface area (Å²) >= 11 is 3.36. The van der Waals surface area contributed by atoms with Crippen LogP contribution < -0.4 is 10.6 Å². The van der Waals surface area contributed by atoms with E-state index < -0.39 is 0 Å². The number of carbonyl (C=O) groups excluding carboxylic acids is 1. The zero-order chi connectivity index (χ0) is 13.5. The van der Waals surface area contributed by atoms with Crippen molar-refractivity contribution in [2.24, 2.45) is 0 Å². The van der Waals surface area contributed by atoms with E-state index in [0.717, 1.165) is 10.0 Å². The fraction of sp³-hybridized carbons (Fsp3) is 0. The summed E-state index contributed by atoms with van der Waals surface area (Å²) in [4.78, 5) is 15.5. The van der Waals surface area contributed by atoms with E-state index in [0.29, 0.717) is 5.69 Å². The molecule has 1 heterocycles. The minimum absolute atomic E-state index is 0.304. The Morgan fingerprint density at radius 2 is 2.00 bits per heavy atom. The van der Waals surface area contributed by atoms with Crippen molar-refractivity contribution < 1.29 is 4.79 Å². The van der Waals surface area contributed by atoms with E-state index in [1.54, 1.807) is 30.7 Å². The third-order valence-electron chi connectivity index (χ3n) is 2.28. The number of rotatable bonds is 3. The Bertz CT molecular complexity index is 567. The molecule has 0 aliphatic carbocycles. The van der Waals surface area contributed by atoms with Gasteiger partial charge in [0.25, 0.3) is 0 Å². The van der Waals surface area contributed by atoms with Crippen molar-refractivity contribution in [3.63, 3.8) is 0 Å². The Hall–Kier alpha value is -2.14. The monoisotopic (exact) mass is 317 g/mol. The number of halogens is 1. The SMILES string of the molecule is O=C(N/C=C/c1ccc(Br)cc1)Nc1cccnc1. The first-order chi connectivity index (χ1) is 9.24. The Kier molecular flexibility index (Phi) is 4.69. The van der Waals surface area contributed by atoms with Crippen LogP contribution in [-0.4, -0.2) is 11.0 Å². The van der Waals surface area contributed by atoms with Gasteiger partial charge in [0, 0.05) is 16.9 Å². The zero-order valence-electron chi connectivity index (χ0n) is 10.0. The maximum absolute atomic E-state index is 11.5. The fourth-order valence-electron chi connectivity index (χ4n) is 1.39. The largest absolute Gasteiger partial charge is 0.323 e. The maximum Gasteiger partial charge on any atom is 0.323 e. The lowest BCUT2D eigenvalue weighted by atomic mass is 10.2. The van der Waals surface area contributed by atoms with Gasteiger partial charge >= 0.3 is 6.03 Å². The average molecular weight is 318 g/mol.